The van der Waals surface area contributed by atoms with Gasteiger partial charge in [0.25, 0.3) is 0 Å². The van der Waals surface area contributed by atoms with Crippen LogP contribution in [0.5, 0.6) is 0 Å². The summed E-state index contributed by atoms with van der Waals surface area (Å²) in [4.78, 5) is 23.6. The van der Waals surface area contributed by atoms with Gasteiger partial charge in [0.05, 0.1) is 0 Å². The molecule has 0 radical (unpaired) electrons. The number of aldehydes is 1. The standard InChI is InChI=1S/C13H13BrO2/c14-9-11-8-13(7-10(11)3-6-15)4-1-12(16)2-5-13/h1-2,4-6,9-10H,3,7-8H2/b11-9+/t10-/m1/s1. The molecule has 0 unspecified atom stereocenters. The summed E-state index contributed by atoms with van der Waals surface area (Å²) in [6, 6.07) is 0. The van der Waals surface area contributed by atoms with E-state index in [-0.39, 0.29) is 11.2 Å². The third-order valence-electron chi connectivity index (χ3n) is 3.36. The van der Waals surface area contributed by atoms with Gasteiger partial charge >= 0.3 is 0 Å². The molecular weight excluding hydrogens is 268 g/mol. The van der Waals surface area contributed by atoms with Gasteiger partial charge in [-0.1, -0.05) is 33.7 Å². The lowest BCUT2D eigenvalue weighted by atomic mass is 9.81. The molecule has 2 aliphatic carbocycles. The summed E-state index contributed by atoms with van der Waals surface area (Å²) in [5, 5.41) is 0. The molecule has 0 heterocycles. The number of hydrogen-bond donors (Lipinski definition) is 0. The van der Waals surface area contributed by atoms with E-state index in [2.05, 4.69) is 15.9 Å². The predicted molar refractivity (Wildman–Crippen MR) is 66.1 cm³/mol. The Morgan fingerprint density at radius 1 is 1.44 bits per heavy atom. The molecule has 1 spiro atoms. The third kappa shape index (κ3) is 2.09. The molecular formula is C13H13BrO2. The van der Waals surface area contributed by atoms with Gasteiger partial charge in [0.15, 0.2) is 5.78 Å². The van der Waals surface area contributed by atoms with Gasteiger partial charge in [-0.05, 0) is 35.9 Å². The number of carbonyl (C=O) groups is 2. The summed E-state index contributed by atoms with van der Waals surface area (Å²) in [7, 11) is 0. The molecule has 0 aliphatic heterocycles. The SMILES string of the molecule is O=CC[C@@H]1CC2(C=CC(=O)C=C2)C/C1=C\Br. The number of halogens is 1. The van der Waals surface area contributed by atoms with E-state index in [1.807, 2.05) is 17.1 Å². The Morgan fingerprint density at radius 2 is 2.12 bits per heavy atom. The van der Waals surface area contributed by atoms with Gasteiger partial charge in [-0.2, -0.15) is 0 Å². The van der Waals surface area contributed by atoms with Gasteiger partial charge in [-0.15, -0.1) is 0 Å². The number of allylic oxidation sites excluding steroid dienone is 5. The molecule has 0 saturated heterocycles. The van der Waals surface area contributed by atoms with E-state index in [1.165, 1.54) is 5.57 Å². The third-order valence-corrected chi connectivity index (χ3v) is 3.95. The second-order valence-electron chi connectivity index (χ2n) is 4.47. The molecule has 2 aliphatic rings. The number of hydrogen-bond acceptors (Lipinski definition) is 2. The Labute approximate surface area is 103 Å². The Hall–Kier alpha value is -0.960. The van der Waals surface area contributed by atoms with Crippen molar-refractivity contribution in [1.29, 1.82) is 0 Å². The van der Waals surface area contributed by atoms with Gasteiger partial charge in [-0.3, -0.25) is 4.79 Å². The molecule has 1 fully saturated rings. The van der Waals surface area contributed by atoms with Crippen molar-refractivity contribution >= 4 is 28.0 Å². The van der Waals surface area contributed by atoms with E-state index in [4.69, 9.17) is 0 Å². The number of ketones is 1. The van der Waals surface area contributed by atoms with Crippen LogP contribution in [-0.2, 0) is 9.59 Å². The average molecular weight is 281 g/mol. The van der Waals surface area contributed by atoms with Crippen molar-refractivity contribution < 1.29 is 9.59 Å². The van der Waals surface area contributed by atoms with Crippen LogP contribution >= 0.6 is 15.9 Å². The maximum atomic E-state index is 11.1. The summed E-state index contributed by atoms with van der Waals surface area (Å²) < 4.78 is 0. The van der Waals surface area contributed by atoms with Crippen LogP contribution in [0.15, 0.2) is 34.9 Å². The highest BCUT2D eigenvalue weighted by Gasteiger charge is 2.39. The molecule has 2 rings (SSSR count). The molecule has 0 bridgehead atoms. The highest BCUT2D eigenvalue weighted by atomic mass is 79.9. The molecule has 84 valence electrons. The van der Waals surface area contributed by atoms with Crippen LogP contribution in [-0.4, -0.2) is 12.1 Å². The summed E-state index contributed by atoms with van der Waals surface area (Å²) in [5.41, 5.74) is 1.22. The molecule has 1 atom stereocenters. The second kappa shape index (κ2) is 4.50. The van der Waals surface area contributed by atoms with Crippen LogP contribution in [0.4, 0.5) is 0 Å². The zero-order valence-electron chi connectivity index (χ0n) is 8.86. The van der Waals surface area contributed by atoms with Crippen LogP contribution in [0.25, 0.3) is 0 Å². The first-order valence-corrected chi connectivity index (χ1v) is 6.26. The van der Waals surface area contributed by atoms with E-state index in [9.17, 15) is 9.59 Å². The summed E-state index contributed by atoms with van der Waals surface area (Å²) >= 11 is 3.36. The summed E-state index contributed by atoms with van der Waals surface area (Å²) in [6.07, 6.45) is 10.6. The molecule has 3 heteroatoms. The highest BCUT2D eigenvalue weighted by molar-refractivity contribution is 9.11. The maximum absolute atomic E-state index is 11.1. The largest absolute Gasteiger partial charge is 0.303 e. The lowest BCUT2D eigenvalue weighted by molar-refractivity contribution is -0.111. The molecule has 0 aromatic carbocycles. The Bertz CT molecular complexity index is 388. The Morgan fingerprint density at radius 3 is 2.69 bits per heavy atom. The van der Waals surface area contributed by atoms with E-state index in [0.717, 1.165) is 19.1 Å². The minimum absolute atomic E-state index is 0.0405. The van der Waals surface area contributed by atoms with E-state index in [0.29, 0.717) is 12.3 Å². The van der Waals surface area contributed by atoms with Crippen molar-refractivity contribution in [2.24, 2.45) is 11.3 Å². The lowest BCUT2D eigenvalue weighted by Gasteiger charge is -2.22. The van der Waals surface area contributed by atoms with Crippen molar-refractivity contribution in [3.63, 3.8) is 0 Å². The maximum Gasteiger partial charge on any atom is 0.178 e. The lowest BCUT2D eigenvalue weighted by Crippen LogP contribution is -2.14. The fourth-order valence-corrected chi connectivity index (χ4v) is 3.06. The molecule has 0 aromatic rings. The first kappa shape index (κ1) is 11.5. The van der Waals surface area contributed by atoms with Gasteiger partial charge in [0.2, 0.25) is 0 Å². The zero-order chi connectivity index (χ0) is 11.6. The van der Waals surface area contributed by atoms with Crippen LogP contribution < -0.4 is 0 Å². The predicted octanol–water partition coefficient (Wildman–Crippen LogP) is 2.95. The Kier molecular flexibility index (Phi) is 3.24. The summed E-state index contributed by atoms with van der Waals surface area (Å²) in [6.45, 7) is 0. The van der Waals surface area contributed by atoms with Crippen LogP contribution in [0, 0.1) is 11.3 Å². The van der Waals surface area contributed by atoms with E-state index < -0.39 is 0 Å². The quantitative estimate of drug-likeness (QED) is 0.729. The van der Waals surface area contributed by atoms with Crippen molar-refractivity contribution in [2.45, 2.75) is 19.3 Å². The first-order chi connectivity index (χ1) is 7.69. The molecule has 16 heavy (non-hydrogen) atoms. The minimum Gasteiger partial charge on any atom is -0.303 e. The highest BCUT2D eigenvalue weighted by Crippen LogP contribution is 2.49. The molecule has 0 amide bonds. The molecule has 0 N–H and O–H groups in total. The van der Waals surface area contributed by atoms with Gasteiger partial charge in [0, 0.05) is 11.8 Å². The van der Waals surface area contributed by atoms with Crippen molar-refractivity contribution in [2.75, 3.05) is 0 Å². The normalized spacial score (nSPS) is 29.2. The second-order valence-corrected chi connectivity index (χ2v) is 4.92. The average Bonchev–Trinajstić information content (AvgIpc) is 2.62. The molecule has 1 saturated carbocycles. The smallest absolute Gasteiger partial charge is 0.178 e. The number of rotatable bonds is 2. The van der Waals surface area contributed by atoms with Crippen LogP contribution in [0.3, 0.4) is 0 Å². The van der Waals surface area contributed by atoms with Crippen molar-refractivity contribution in [3.8, 4) is 0 Å². The monoisotopic (exact) mass is 280 g/mol. The Balaban J connectivity index is 2.22. The fourth-order valence-electron chi connectivity index (χ4n) is 2.53. The van der Waals surface area contributed by atoms with Crippen molar-refractivity contribution in [3.05, 3.63) is 34.9 Å². The fraction of sp³-hybridized carbons (Fsp3) is 0.385. The minimum atomic E-state index is -0.0405. The molecule has 0 aromatic heterocycles. The van der Waals surface area contributed by atoms with Crippen LogP contribution in [0.2, 0.25) is 0 Å². The van der Waals surface area contributed by atoms with Crippen molar-refractivity contribution in [1.82, 2.24) is 0 Å². The molecule has 2 nitrogen and oxygen atoms in total. The van der Waals surface area contributed by atoms with E-state index in [1.54, 1.807) is 12.2 Å². The van der Waals surface area contributed by atoms with E-state index >= 15 is 0 Å². The number of carbonyl (C=O) groups excluding carboxylic acids is 2. The summed E-state index contributed by atoms with van der Waals surface area (Å²) in [5.74, 6) is 0.355. The topological polar surface area (TPSA) is 34.1 Å². The zero-order valence-corrected chi connectivity index (χ0v) is 10.4. The van der Waals surface area contributed by atoms with Gasteiger partial charge < -0.3 is 4.79 Å². The van der Waals surface area contributed by atoms with Crippen LogP contribution in [0.1, 0.15) is 19.3 Å². The van der Waals surface area contributed by atoms with Gasteiger partial charge in [-0.25, -0.2) is 0 Å². The first-order valence-electron chi connectivity index (χ1n) is 5.34. The van der Waals surface area contributed by atoms with Gasteiger partial charge in [0.1, 0.15) is 6.29 Å².